The third-order valence-corrected chi connectivity index (χ3v) is 1.90. The molecule has 0 atom stereocenters. The molecule has 0 heterocycles. The molecular weight excluding hydrogens is 224 g/mol. The Morgan fingerprint density at radius 1 is 1.41 bits per heavy atom. The van der Waals surface area contributed by atoms with Crippen LogP contribution >= 0.6 is 0 Å². The number of benzene rings is 1. The summed E-state index contributed by atoms with van der Waals surface area (Å²) in [4.78, 5) is 22.2. The van der Waals surface area contributed by atoms with E-state index in [2.05, 4.69) is 5.32 Å². The summed E-state index contributed by atoms with van der Waals surface area (Å²) in [5.74, 6) is -0.919. The van der Waals surface area contributed by atoms with Gasteiger partial charge in [-0.05, 0) is 18.2 Å². The third-order valence-electron chi connectivity index (χ3n) is 1.90. The minimum atomic E-state index is -0.558. The quantitative estimate of drug-likeness (QED) is 0.594. The van der Waals surface area contributed by atoms with Crippen LogP contribution in [-0.4, -0.2) is 36.7 Å². The average Bonchev–Trinajstić information content (AvgIpc) is 2.29. The Hall–Kier alpha value is -1.92. The fourth-order valence-corrected chi connectivity index (χ4v) is 1.18. The Labute approximate surface area is 98.4 Å². The van der Waals surface area contributed by atoms with Crippen LogP contribution in [0.3, 0.4) is 0 Å². The van der Waals surface area contributed by atoms with Crippen LogP contribution < -0.4 is 11.1 Å². The van der Waals surface area contributed by atoms with Gasteiger partial charge in [0.15, 0.2) is 0 Å². The van der Waals surface area contributed by atoms with E-state index in [1.165, 1.54) is 6.07 Å². The predicted octanol–water partition coefficient (Wildman–Crippen LogP) is -0.267. The van der Waals surface area contributed by atoms with Gasteiger partial charge < -0.3 is 20.9 Å². The fraction of sp³-hybridized carbons (Fsp3) is 0.273. The van der Waals surface area contributed by atoms with Crippen LogP contribution in [0.15, 0.2) is 24.3 Å². The molecule has 1 aromatic carbocycles. The minimum Gasteiger partial charge on any atom is -0.394 e. The van der Waals surface area contributed by atoms with Crippen molar-refractivity contribution in [2.75, 3.05) is 25.1 Å². The summed E-state index contributed by atoms with van der Waals surface area (Å²) in [5, 5.41) is 11.0. The van der Waals surface area contributed by atoms with Gasteiger partial charge in [0.2, 0.25) is 11.8 Å². The number of hydrogen-bond acceptors (Lipinski definition) is 4. The smallest absolute Gasteiger partial charge is 0.250 e. The lowest BCUT2D eigenvalue weighted by atomic mass is 10.2. The molecule has 4 N–H and O–H groups in total. The first-order valence-corrected chi connectivity index (χ1v) is 5.02. The summed E-state index contributed by atoms with van der Waals surface area (Å²) >= 11 is 0. The van der Waals surface area contributed by atoms with Crippen molar-refractivity contribution >= 4 is 17.5 Å². The van der Waals surface area contributed by atoms with E-state index in [9.17, 15) is 9.59 Å². The second kappa shape index (κ2) is 6.62. The van der Waals surface area contributed by atoms with Crippen LogP contribution in [0.5, 0.6) is 0 Å². The van der Waals surface area contributed by atoms with Crippen LogP contribution in [0, 0.1) is 0 Å². The van der Waals surface area contributed by atoms with Gasteiger partial charge in [-0.15, -0.1) is 0 Å². The van der Waals surface area contributed by atoms with Crippen molar-refractivity contribution in [1.82, 2.24) is 0 Å². The molecule has 0 bridgehead atoms. The Kier molecular flexibility index (Phi) is 5.12. The Morgan fingerprint density at radius 2 is 2.18 bits per heavy atom. The highest BCUT2D eigenvalue weighted by molar-refractivity contribution is 5.96. The Morgan fingerprint density at radius 3 is 2.82 bits per heavy atom. The van der Waals surface area contributed by atoms with Crippen LogP contribution in [0.25, 0.3) is 0 Å². The van der Waals surface area contributed by atoms with Crippen molar-refractivity contribution in [3.05, 3.63) is 29.8 Å². The highest BCUT2D eigenvalue weighted by Crippen LogP contribution is 2.09. The molecule has 0 unspecified atom stereocenters. The molecule has 0 radical (unpaired) electrons. The molecule has 0 aliphatic heterocycles. The van der Waals surface area contributed by atoms with Gasteiger partial charge >= 0.3 is 0 Å². The molecule has 0 saturated heterocycles. The monoisotopic (exact) mass is 238 g/mol. The van der Waals surface area contributed by atoms with Crippen molar-refractivity contribution in [2.45, 2.75) is 0 Å². The van der Waals surface area contributed by atoms with E-state index in [0.29, 0.717) is 11.3 Å². The first-order chi connectivity index (χ1) is 8.13. The average molecular weight is 238 g/mol. The van der Waals surface area contributed by atoms with Gasteiger partial charge in [0.25, 0.3) is 0 Å². The van der Waals surface area contributed by atoms with Gasteiger partial charge in [-0.2, -0.15) is 0 Å². The molecule has 0 saturated carbocycles. The van der Waals surface area contributed by atoms with Crippen molar-refractivity contribution in [3.63, 3.8) is 0 Å². The lowest BCUT2D eigenvalue weighted by Crippen LogP contribution is -2.20. The number of nitrogens with one attached hydrogen (secondary N) is 1. The van der Waals surface area contributed by atoms with Crippen LogP contribution in [-0.2, 0) is 9.53 Å². The van der Waals surface area contributed by atoms with Gasteiger partial charge in [0, 0.05) is 11.3 Å². The van der Waals surface area contributed by atoms with Gasteiger partial charge in [0.1, 0.15) is 6.61 Å². The van der Waals surface area contributed by atoms with Crippen molar-refractivity contribution in [1.29, 1.82) is 0 Å². The number of rotatable bonds is 6. The number of aliphatic hydroxyl groups is 1. The van der Waals surface area contributed by atoms with Gasteiger partial charge in [-0.25, -0.2) is 0 Å². The number of ether oxygens (including phenoxy) is 1. The molecule has 0 fully saturated rings. The van der Waals surface area contributed by atoms with Gasteiger partial charge in [0.05, 0.1) is 13.2 Å². The van der Waals surface area contributed by atoms with Crippen molar-refractivity contribution in [2.24, 2.45) is 5.73 Å². The summed E-state index contributed by atoms with van der Waals surface area (Å²) < 4.78 is 4.84. The molecule has 0 aromatic heterocycles. The lowest BCUT2D eigenvalue weighted by molar-refractivity contribution is -0.120. The maximum absolute atomic E-state index is 11.3. The van der Waals surface area contributed by atoms with Crippen LogP contribution in [0.4, 0.5) is 5.69 Å². The zero-order chi connectivity index (χ0) is 12.7. The second-order valence-corrected chi connectivity index (χ2v) is 3.27. The molecule has 92 valence electrons. The number of hydrogen-bond donors (Lipinski definition) is 3. The maximum Gasteiger partial charge on any atom is 0.250 e. The molecule has 0 aliphatic rings. The number of anilines is 1. The normalized spacial score (nSPS) is 9.94. The number of carbonyl (C=O) groups is 2. The zero-order valence-electron chi connectivity index (χ0n) is 9.18. The van der Waals surface area contributed by atoms with Crippen LogP contribution in [0.1, 0.15) is 10.4 Å². The lowest BCUT2D eigenvalue weighted by Gasteiger charge is -2.06. The van der Waals surface area contributed by atoms with Gasteiger partial charge in [-0.3, -0.25) is 9.59 Å². The van der Waals surface area contributed by atoms with Crippen molar-refractivity contribution < 1.29 is 19.4 Å². The molecule has 0 aliphatic carbocycles. The van der Waals surface area contributed by atoms with Crippen molar-refractivity contribution in [3.8, 4) is 0 Å². The molecule has 2 amide bonds. The summed E-state index contributed by atoms with van der Waals surface area (Å²) in [6, 6.07) is 6.28. The maximum atomic E-state index is 11.3. The molecule has 0 spiro atoms. The topological polar surface area (TPSA) is 102 Å². The van der Waals surface area contributed by atoms with E-state index < -0.39 is 5.91 Å². The molecule has 6 heteroatoms. The first kappa shape index (κ1) is 13.1. The van der Waals surface area contributed by atoms with Gasteiger partial charge in [-0.1, -0.05) is 6.07 Å². The van der Waals surface area contributed by atoms with E-state index in [1.807, 2.05) is 0 Å². The highest BCUT2D eigenvalue weighted by atomic mass is 16.5. The molecule has 6 nitrogen and oxygen atoms in total. The molecular formula is C11H14N2O4. The first-order valence-electron chi connectivity index (χ1n) is 5.02. The number of amides is 2. The van der Waals surface area contributed by atoms with E-state index in [0.717, 1.165) is 0 Å². The highest BCUT2D eigenvalue weighted by Gasteiger charge is 2.05. The summed E-state index contributed by atoms with van der Waals surface area (Å²) in [7, 11) is 0. The fourth-order valence-electron chi connectivity index (χ4n) is 1.18. The number of carbonyl (C=O) groups excluding carboxylic acids is 2. The standard InChI is InChI=1S/C11H14N2O4/c12-11(16)8-2-1-3-9(6-8)13-10(15)7-17-5-4-14/h1-3,6,14H,4-5,7H2,(H2,12,16)(H,13,15). The van der Waals surface area contributed by atoms with E-state index in [1.54, 1.807) is 18.2 Å². The predicted molar refractivity (Wildman–Crippen MR) is 61.5 cm³/mol. The number of primary amides is 1. The molecule has 17 heavy (non-hydrogen) atoms. The van der Waals surface area contributed by atoms with E-state index in [-0.39, 0.29) is 25.7 Å². The SMILES string of the molecule is NC(=O)c1cccc(NC(=O)COCCO)c1. The number of nitrogens with two attached hydrogens (primary N) is 1. The van der Waals surface area contributed by atoms with Crippen LogP contribution in [0.2, 0.25) is 0 Å². The largest absolute Gasteiger partial charge is 0.394 e. The molecule has 1 aromatic rings. The minimum absolute atomic E-state index is 0.106. The summed E-state index contributed by atoms with van der Waals surface area (Å²) in [6.07, 6.45) is 0. The van der Waals surface area contributed by atoms with E-state index in [4.69, 9.17) is 15.6 Å². The summed E-state index contributed by atoms with van der Waals surface area (Å²) in [6.45, 7) is -0.180. The third kappa shape index (κ3) is 4.62. The van der Waals surface area contributed by atoms with E-state index >= 15 is 0 Å². The second-order valence-electron chi connectivity index (χ2n) is 3.27. The molecule has 1 rings (SSSR count). The Balaban J connectivity index is 2.53. The number of aliphatic hydroxyl groups excluding tert-OH is 1. The zero-order valence-corrected chi connectivity index (χ0v) is 9.18. The Bertz CT molecular complexity index is 406. The summed E-state index contributed by atoms with van der Waals surface area (Å²) in [5.41, 5.74) is 5.90.